The summed E-state index contributed by atoms with van der Waals surface area (Å²) < 4.78 is 5.58. The van der Waals surface area contributed by atoms with E-state index in [9.17, 15) is 0 Å². The average molecular weight is 281 g/mol. The minimum Gasteiger partial charge on any atom is -0.495 e. The van der Waals surface area contributed by atoms with Crippen LogP contribution in [0.2, 0.25) is 0 Å². The lowest BCUT2D eigenvalue weighted by atomic mass is 9.75. The molecule has 1 aliphatic rings. The summed E-state index contributed by atoms with van der Waals surface area (Å²) in [6.07, 6.45) is 8.51. The number of rotatable bonds is 4. The maximum absolute atomic E-state index is 5.58. The summed E-state index contributed by atoms with van der Waals surface area (Å²) in [5.74, 6) is 1.93. The molecule has 1 atom stereocenters. The smallest absolute Gasteiger partial charge is 0.140 e. The predicted octanol–water partition coefficient (Wildman–Crippen LogP) is 4.80. The number of hydrogen-bond donors (Lipinski definition) is 0. The summed E-state index contributed by atoms with van der Waals surface area (Å²) in [7, 11) is 1.74. The molecule has 0 bridgehead atoms. The fourth-order valence-corrected chi connectivity index (χ4v) is 3.59. The summed E-state index contributed by atoms with van der Waals surface area (Å²) in [5, 5.41) is 0. The number of aromatic nitrogens is 1. The lowest BCUT2D eigenvalue weighted by Crippen LogP contribution is -2.19. The van der Waals surface area contributed by atoms with Gasteiger partial charge in [-0.2, -0.15) is 0 Å². The summed E-state index contributed by atoms with van der Waals surface area (Å²) >= 11 is 0. The van der Waals surface area contributed by atoms with Crippen molar-refractivity contribution < 1.29 is 4.74 Å². The van der Waals surface area contributed by atoms with E-state index in [-0.39, 0.29) is 0 Å². The molecule has 0 saturated heterocycles. The van der Waals surface area contributed by atoms with E-state index in [2.05, 4.69) is 35.3 Å². The number of ether oxygens (including phenoxy) is 1. The first-order valence-electron chi connectivity index (χ1n) is 7.94. The van der Waals surface area contributed by atoms with E-state index < -0.39 is 0 Å². The zero-order valence-corrected chi connectivity index (χ0v) is 12.7. The van der Waals surface area contributed by atoms with Gasteiger partial charge in [-0.05, 0) is 36.5 Å². The fraction of sp³-hybridized carbons (Fsp3) is 0.421. The van der Waals surface area contributed by atoms with Gasteiger partial charge >= 0.3 is 0 Å². The second-order valence-corrected chi connectivity index (χ2v) is 5.88. The molecule has 0 N–H and O–H groups in total. The largest absolute Gasteiger partial charge is 0.495 e. The Morgan fingerprint density at radius 2 is 1.76 bits per heavy atom. The number of pyridine rings is 1. The van der Waals surface area contributed by atoms with Crippen LogP contribution < -0.4 is 4.74 Å². The molecule has 0 radical (unpaired) electrons. The number of methoxy groups -OCH3 is 1. The van der Waals surface area contributed by atoms with Crippen molar-refractivity contribution in [1.29, 1.82) is 0 Å². The Morgan fingerprint density at radius 3 is 2.48 bits per heavy atom. The van der Waals surface area contributed by atoms with Gasteiger partial charge in [0.1, 0.15) is 5.75 Å². The van der Waals surface area contributed by atoms with Gasteiger partial charge in [0.2, 0.25) is 0 Å². The van der Waals surface area contributed by atoms with Gasteiger partial charge in [-0.1, -0.05) is 49.6 Å². The van der Waals surface area contributed by atoms with Crippen LogP contribution in [0.5, 0.6) is 5.75 Å². The summed E-state index contributed by atoms with van der Waals surface area (Å²) in [6.45, 7) is 0. The highest BCUT2D eigenvalue weighted by Crippen LogP contribution is 2.42. The molecule has 0 amide bonds. The second-order valence-electron chi connectivity index (χ2n) is 5.88. The molecule has 2 heteroatoms. The first-order valence-corrected chi connectivity index (χ1v) is 7.94. The highest BCUT2D eigenvalue weighted by atomic mass is 16.5. The molecule has 1 heterocycles. The molecular weight excluding hydrogens is 258 g/mol. The monoisotopic (exact) mass is 281 g/mol. The van der Waals surface area contributed by atoms with E-state index in [0.29, 0.717) is 11.8 Å². The normalized spacial score (nSPS) is 17.4. The maximum Gasteiger partial charge on any atom is 0.140 e. The summed E-state index contributed by atoms with van der Waals surface area (Å²) in [6, 6.07) is 14.8. The third-order valence-corrected chi connectivity index (χ3v) is 4.59. The molecule has 0 unspecified atom stereocenters. The van der Waals surface area contributed by atoms with Crippen LogP contribution in [0.3, 0.4) is 0 Å². The van der Waals surface area contributed by atoms with Crippen molar-refractivity contribution in [3.63, 3.8) is 0 Å². The standard InChI is InChI=1S/C19H23NO/c1-21-17-13-8-14-20-19(17)18(15-9-4-2-5-10-15)16-11-6-3-7-12-16/h2,4-5,8-10,13-14,16,18H,3,6-7,11-12H2,1H3/t18-/m1/s1. The van der Waals surface area contributed by atoms with Crippen molar-refractivity contribution in [2.45, 2.75) is 38.0 Å². The third kappa shape index (κ3) is 3.10. The van der Waals surface area contributed by atoms with Crippen molar-refractivity contribution in [3.8, 4) is 5.75 Å². The molecule has 2 nitrogen and oxygen atoms in total. The first kappa shape index (κ1) is 14.1. The quantitative estimate of drug-likeness (QED) is 0.803. The van der Waals surface area contributed by atoms with Gasteiger partial charge in [-0.3, -0.25) is 4.98 Å². The van der Waals surface area contributed by atoms with E-state index in [4.69, 9.17) is 4.74 Å². The molecule has 1 aromatic carbocycles. The third-order valence-electron chi connectivity index (χ3n) is 4.59. The van der Waals surface area contributed by atoms with Crippen molar-refractivity contribution in [2.75, 3.05) is 7.11 Å². The first-order chi connectivity index (χ1) is 10.4. The van der Waals surface area contributed by atoms with Gasteiger partial charge in [-0.25, -0.2) is 0 Å². The van der Waals surface area contributed by atoms with Gasteiger partial charge in [0.05, 0.1) is 12.8 Å². The van der Waals surface area contributed by atoms with Crippen LogP contribution in [-0.4, -0.2) is 12.1 Å². The molecule has 0 aliphatic heterocycles. The zero-order valence-electron chi connectivity index (χ0n) is 12.7. The average Bonchev–Trinajstić information content (AvgIpc) is 2.58. The Hall–Kier alpha value is -1.83. The van der Waals surface area contributed by atoms with Crippen LogP contribution in [0.1, 0.15) is 49.3 Å². The minimum absolute atomic E-state index is 0.350. The van der Waals surface area contributed by atoms with Gasteiger partial charge < -0.3 is 4.74 Å². The topological polar surface area (TPSA) is 22.1 Å². The fourth-order valence-electron chi connectivity index (χ4n) is 3.59. The molecule has 3 rings (SSSR count). The number of benzene rings is 1. The van der Waals surface area contributed by atoms with Gasteiger partial charge in [0, 0.05) is 12.1 Å². The summed E-state index contributed by atoms with van der Waals surface area (Å²) in [4.78, 5) is 4.68. The van der Waals surface area contributed by atoms with Crippen molar-refractivity contribution in [3.05, 3.63) is 59.9 Å². The van der Waals surface area contributed by atoms with Crippen LogP contribution >= 0.6 is 0 Å². The van der Waals surface area contributed by atoms with Crippen molar-refractivity contribution in [1.82, 2.24) is 4.98 Å². The summed E-state index contributed by atoms with van der Waals surface area (Å²) in [5.41, 5.74) is 2.46. The Kier molecular flexibility index (Phi) is 4.54. The van der Waals surface area contributed by atoms with Gasteiger partial charge in [0.15, 0.2) is 0 Å². The van der Waals surface area contributed by atoms with E-state index in [1.165, 1.54) is 37.7 Å². The van der Waals surface area contributed by atoms with Crippen LogP contribution in [0.4, 0.5) is 0 Å². The molecule has 2 aromatic rings. The Balaban J connectivity index is 2.03. The van der Waals surface area contributed by atoms with Gasteiger partial charge in [0.25, 0.3) is 0 Å². The number of hydrogen-bond acceptors (Lipinski definition) is 2. The predicted molar refractivity (Wildman–Crippen MR) is 85.6 cm³/mol. The van der Waals surface area contributed by atoms with E-state index >= 15 is 0 Å². The Bertz CT molecular complexity index is 561. The molecule has 0 spiro atoms. The molecular formula is C19H23NO. The Labute approximate surface area is 127 Å². The molecule has 1 aliphatic carbocycles. The van der Waals surface area contributed by atoms with Crippen LogP contribution in [-0.2, 0) is 0 Å². The lowest BCUT2D eigenvalue weighted by molar-refractivity contribution is 0.316. The molecule has 1 aromatic heterocycles. The molecule has 1 saturated carbocycles. The molecule has 21 heavy (non-hydrogen) atoms. The zero-order chi connectivity index (χ0) is 14.5. The lowest BCUT2D eigenvalue weighted by Gasteiger charge is -2.31. The van der Waals surface area contributed by atoms with E-state index in [1.807, 2.05) is 18.3 Å². The maximum atomic E-state index is 5.58. The van der Waals surface area contributed by atoms with Crippen LogP contribution in [0.15, 0.2) is 48.7 Å². The van der Waals surface area contributed by atoms with E-state index in [0.717, 1.165) is 11.4 Å². The van der Waals surface area contributed by atoms with Crippen LogP contribution in [0.25, 0.3) is 0 Å². The highest BCUT2D eigenvalue weighted by molar-refractivity contribution is 5.38. The highest BCUT2D eigenvalue weighted by Gasteiger charge is 2.29. The Morgan fingerprint density at radius 1 is 1.00 bits per heavy atom. The second kappa shape index (κ2) is 6.75. The van der Waals surface area contributed by atoms with Gasteiger partial charge in [-0.15, -0.1) is 0 Å². The number of nitrogens with zero attached hydrogens (tertiary/aromatic N) is 1. The molecule has 110 valence electrons. The molecule has 1 fully saturated rings. The SMILES string of the molecule is COc1cccnc1[C@H](c1ccccc1)C1CCCCC1. The minimum atomic E-state index is 0.350. The van der Waals surface area contributed by atoms with Crippen molar-refractivity contribution in [2.24, 2.45) is 5.92 Å². The van der Waals surface area contributed by atoms with E-state index in [1.54, 1.807) is 7.11 Å². The van der Waals surface area contributed by atoms with Crippen LogP contribution in [0, 0.1) is 5.92 Å². The van der Waals surface area contributed by atoms with Crippen molar-refractivity contribution >= 4 is 0 Å².